The van der Waals surface area contributed by atoms with E-state index in [0.29, 0.717) is 45.7 Å². The fourth-order valence-electron chi connectivity index (χ4n) is 3.58. The smallest absolute Gasteiger partial charge is 0.125 e. The molecule has 2 N–H and O–H groups in total. The second-order valence-electron chi connectivity index (χ2n) is 7.52. The molecular formula is C28H22Cl2N2O2. The molecule has 0 amide bonds. The normalized spacial score (nSPS) is 12.1. The first kappa shape index (κ1) is 23.6. The summed E-state index contributed by atoms with van der Waals surface area (Å²) in [6, 6.07) is 29.0. The van der Waals surface area contributed by atoms with Crippen molar-refractivity contribution in [2.75, 3.05) is 13.1 Å². The highest BCUT2D eigenvalue weighted by Gasteiger charge is 2.14. The Labute approximate surface area is 208 Å². The van der Waals surface area contributed by atoms with Gasteiger partial charge in [-0.05, 0) is 36.4 Å². The van der Waals surface area contributed by atoms with Crippen molar-refractivity contribution >= 4 is 34.6 Å². The number of phenols is 2. The van der Waals surface area contributed by atoms with Crippen molar-refractivity contribution in [3.05, 3.63) is 129 Å². The monoisotopic (exact) mass is 488 g/mol. The Bertz CT molecular complexity index is 1230. The molecule has 4 aromatic carbocycles. The van der Waals surface area contributed by atoms with Crippen LogP contribution in [0.3, 0.4) is 0 Å². The first-order valence-corrected chi connectivity index (χ1v) is 11.5. The fraction of sp³-hybridized carbons (Fsp3) is 0.0714. The Kier molecular flexibility index (Phi) is 7.63. The summed E-state index contributed by atoms with van der Waals surface area (Å²) < 4.78 is 0. The number of rotatable bonds is 7. The first-order valence-electron chi connectivity index (χ1n) is 10.7. The molecule has 0 radical (unpaired) electrons. The molecule has 0 spiro atoms. The van der Waals surface area contributed by atoms with Crippen LogP contribution in [0, 0.1) is 0 Å². The number of halogens is 2. The highest BCUT2D eigenvalue weighted by Crippen LogP contribution is 2.26. The first-order chi connectivity index (χ1) is 16.5. The Hall–Kier alpha value is -3.60. The number of hydrogen-bond donors (Lipinski definition) is 2. The van der Waals surface area contributed by atoms with Crippen molar-refractivity contribution in [2.24, 2.45) is 9.98 Å². The second kappa shape index (κ2) is 11.0. The summed E-state index contributed by atoms with van der Waals surface area (Å²) in [5.74, 6) is 0.202. The molecule has 0 heterocycles. The number of benzene rings is 4. The molecule has 0 unspecified atom stereocenters. The van der Waals surface area contributed by atoms with Gasteiger partial charge < -0.3 is 10.2 Å². The summed E-state index contributed by atoms with van der Waals surface area (Å²) in [4.78, 5) is 9.54. The lowest BCUT2D eigenvalue weighted by Crippen LogP contribution is -2.08. The van der Waals surface area contributed by atoms with Crippen molar-refractivity contribution < 1.29 is 10.2 Å². The molecule has 0 saturated heterocycles. The van der Waals surface area contributed by atoms with Crippen LogP contribution < -0.4 is 0 Å². The second-order valence-corrected chi connectivity index (χ2v) is 8.39. The third kappa shape index (κ3) is 5.66. The maximum absolute atomic E-state index is 10.5. The summed E-state index contributed by atoms with van der Waals surface area (Å²) >= 11 is 12.4. The van der Waals surface area contributed by atoms with Gasteiger partial charge in [-0.25, -0.2) is 0 Å². The number of aromatic hydroxyl groups is 2. The van der Waals surface area contributed by atoms with Gasteiger partial charge in [-0.3, -0.25) is 9.98 Å². The summed E-state index contributed by atoms with van der Waals surface area (Å²) in [5.41, 5.74) is 4.09. The lowest BCUT2D eigenvalue weighted by atomic mass is 10.0. The van der Waals surface area contributed by atoms with Crippen LogP contribution >= 0.6 is 23.2 Å². The SMILES string of the molecule is Oc1ccc(Cl)cc1C(=NCCN=C(c1ccccc1)c1cc(Cl)ccc1O)c1ccccc1. The van der Waals surface area contributed by atoms with Gasteiger partial charge in [0.25, 0.3) is 0 Å². The Morgan fingerprint density at radius 2 is 0.941 bits per heavy atom. The van der Waals surface area contributed by atoms with Crippen molar-refractivity contribution in [1.29, 1.82) is 0 Å². The number of phenolic OH excluding ortho intramolecular Hbond substituents is 2. The molecule has 0 bridgehead atoms. The Balaban J connectivity index is 1.69. The lowest BCUT2D eigenvalue weighted by molar-refractivity contribution is 0.473. The zero-order valence-electron chi connectivity index (χ0n) is 18.2. The lowest BCUT2D eigenvalue weighted by Gasteiger charge is -2.11. The highest BCUT2D eigenvalue weighted by molar-refractivity contribution is 6.32. The Morgan fingerprint density at radius 1 is 0.559 bits per heavy atom. The summed E-state index contributed by atoms with van der Waals surface area (Å²) in [5, 5.41) is 21.9. The van der Waals surface area contributed by atoms with E-state index in [-0.39, 0.29) is 11.5 Å². The van der Waals surface area contributed by atoms with Crippen molar-refractivity contribution in [3.8, 4) is 11.5 Å². The van der Waals surface area contributed by atoms with Crippen LogP contribution in [0.1, 0.15) is 22.3 Å². The highest BCUT2D eigenvalue weighted by atomic mass is 35.5. The zero-order valence-corrected chi connectivity index (χ0v) is 19.7. The minimum Gasteiger partial charge on any atom is -0.507 e. The molecule has 0 fully saturated rings. The zero-order chi connectivity index (χ0) is 23.9. The summed E-state index contributed by atoms with van der Waals surface area (Å²) in [6.45, 7) is 0.710. The summed E-state index contributed by atoms with van der Waals surface area (Å²) in [6.07, 6.45) is 0. The average Bonchev–Trinajstić information content (AvgIpc) is 2.86. The van der Waals surface area contributed by atoms with Gasteiger partial charge in [-0.1, -0.05) is 83.9 Å². The van der Waals surface area contributed by atoms with Crippen molar-refractivity contribution in [2.45, 2.75) is 0 Å². The molecule has 34 heavy (non-hydrogen) atoms. The van der Waals surface area contributed by atoms with Gasteiger partial charge in [0.2, 0.25) is 0 Å². The van der Waals surface area contributed by atoms with E-state index in [1.807, 2.05) is 60.7 Å². The van der Waals surface area contributed by atoms with Gasteiger partial charge in [0, 0.05) is 32.3 Å². The molecule has 0 atom stereocenters. The number of aliphatic imine (C=N–C) groups is 2. The van der Waals surface area contributed by atoms with Gasteiger partial charge in [0.1, 0.15) is 11.5 Å². The molecule has 4 nitrogen and oxygen atoms in total. The van der Waals surface area contributed by atoms with Gasteiger partial charge in [0.15, 0.2) is 0 Å². The van der Waals surface area contributed by atoms with Crippen LogP contribution in [0.2, 0.25) is 10.0 Å². The van der Waals surface area contributed by atoms with Crippen LogP contribution in [-0.4, -0.2) is 34.7 Å². The molecule has 0 aliphatic rings. The standard InChI is InChI=1S/C28H22Cl2N2O2/c29-21-11-13-25(33)23(17-21)27(19-7-3-1-4-8-19)31-15-16-32-28(20-9-5-2-6-10-20)24-18-22(30)12-14-26(24)34/h1-14,17-18,33-34H,15-16H2. The minimum absolute atomic E-state index is 0.101. The van der Waals surface area contributed by atoms with E-state index in [2.05, 4.69) is 0 Å². The topological polar surface area (TPSA) is 65.2 Å². The number of hydrogen-bond acceptors (Lipinski definition) is 4. The molecule has 4 rings (SSSR count). The van der Waals surface area contributed by atoms with E-state index in [4.69, 9.17) is 33.2 Å². The Morgan fingerprint density at radius 3 is 1.32 bits per heavy atom. The van der Waals surface area contributed by atoms with E-state index in [1.54, 1.807) is 36.4 Å². The van der Waals surface area contributed by atoms with E-state index in [1.165, 1.54) is 0 Å². The van der Waals surface area contributed by atoms with E-state index in [9.17, 15) is 10.2 Å². The quantitative estimate of drug-likeness (QED) is 0.222. The molecule has 6 heteroatoms. The van der Waals surface area contributed by atoms with Gasteiger partial charge >= 0.3 is 0 Å². The fourth-order valence-corrected chi connectivity index (χ4v) is 3.92. The van der Waals surface area contributed by atoms with Gasteiger partial charge in [-0.2, -0.15) is 0 Å². The number of nitrogens with zero attached hydrogens (tertiary/aromatic N) is 2. The van der Waals surface area contributed by atoms with E-state index < -0.39 is 0 Å². The predicted molar refractivity (Wildman–Crippen MR) is 140 cm³/mol. The largest absolute Gasteiger partial charge is 0.507 e. The van der Waals surface area contributed by atoms with Crippen molar-refractivity contribution in [3.63, 3.8) is 0 Å². The van der Waals surface area contributed by atoms with Crippen LogP contribution in [0.15, 0.2) is 107 Å². The van der Waals surface area contributed by atoms with E-state index in [0.717, 1.165) is 11.1 Å². The molecule has 0 aliphatic heterocycles. The average molecular weight is 489 g/mol. The predicted octanol–water partition coefficient (Wildman–Crippen LogP) is 6.78. The third-order valence-corrected chi connectivity index (χ3v) is 5.63. The maximum atomic E-state index is 10.5. The minimum atomic E-state index is 0.101. The van der Waals surface area contributed by atoms with Gasteiger partial charge in [-0.15, -0.1) is 0 Å². The van der Waals surface area contributed by atoms with Crippen molar-refractivity contribution in [1.82, 2.24) is 0 Å². The van der Waals surface area contributed by atoms with Gasteiger partial charge in [0.05, 0.1) is 24.5 Å². The molecule has 170 valence electrons. The van der Waals surface area contributed by atoms with Crippen LogP contribution in [-0.2, 0) is 0 Å². The molecule has 0 saturated carbocycles. The van der Waals surface area contributed by atoms with Crippen LogP contribution in [0.25, 0.3) is 0 Å². The molecule has 4 aromatic rings. The van der Waals surface area contributed by atoms with Crippen LogP contribution in [0.5, 0.6) is 11.5 Å². The molecule has 0 aliphatic carbocycles. The third-order valence-electron chi connectivity index (χ3n) is 5.16. The molecular weight excluding hydrogens is 467 g/mol. The van der Waals surface area contributed by atoms with Crippen LogP contribution in [0.4, 0.5) is 0 Å². The maximum Gasteiger partial charge on any atom is 0.125 e. The van der Waals surface area contributed by atoms with E-state index >= 15 is 0 Å². The summed E-state index contributed by atoms with van der Waals surface area (Å²) in [7, 11) is 0. The molecule has 0 aromatic heterocycles.